The smallest absolute Gasteiger partial charge is 0.355 e. The number of aromatic amines is 2. The normalized spacial score (nSPS) is 13.1. The maximum atomic E-state index is 13.6. The van der Waals surface area contributed by atoms with Crippen LogP contribution < -0.4 is 0 Å². The van der Waals surface area contributed by atoms with Crippen LogP contribution in [0.4, 0.5) is 39.5 Å². The van der Waals surface area contributed by atoms with E-state index < -0.39 is 35.2 Å². The van der Waals surface area contributed by atoms with Crippen molar-refractivity contribution in [3.63, 3.8) is 0 Å². The molecule has 13 heteroatoms. The van der Waals surface area contributed by atoms with E-state index in [4.69, 9.17) is 9.97 Å². The van der Waals surface area contributed by atoms with Crippen LogP contribution in [-0.4, -0.2) is 19.9 Å². The van der Waals surface area contributed by atoms with Crippen molar-refractivity contribution in [2.24, 2.45) is 0 Å². The summed E-state index contributed by atoms with van der Waals surface area (Å²) in [5, 5.41) is 0. The standard InChI is InChI=1S/C41H23F9N4/c42-39(43,44)25-7-1-22(2-8-25)36-30-15-13-28(51-30)21-29-14-16-31(52-29)37(23-3-9-26(10-4-23)40(45,46)47)33-18-20-35(54-33)38(34-19-17-32(36)53-34)24-5-11-27(12-6-24)41(48,49)50/h1-21,51,54H. The van der Waals surface area contributed by atoms with Gasteiger partial charge in [-0.3, -0.25) is 0 Å². The number of hydrogen-bond acceptors (Lipinski definition) is 2. The Balaban J connectivity index is 1.46. The molecule has 0 saturated carbocycles. The Hall–Kier alpha value is -6.37. The lowest BCUT2D eigenvalue weighted by Crippen LogP contribution is -2.04. The second-order valence-electron chi connectivity index (χ2n) is 12.6. The Labute approximate surface area is 300 Å². The maximum absolute atomic E-state index is 13.6. The van der Waals surface area contributed by atoms with E-state index in [0.29, 0.717) is 78.2 Å². The minimum Gasteiger partial charge on any atom is -0.355 e. The number of alkyl halides is 9. The van der Waals surface area contributed by atoms with Gasteiger partial charge in [-0.25, -0.2) is 9.97 Å². The molecule has 2 aliphatic heterocycles. The van der Waals surface area contributed by atoms with E-state index in [1.54, 1.807) is 54.6 Å². The first-order chi connectivity index (χ1) is 25.6. The average Bonchev–Trinajstić information content (AvgIpc) is 3.95. The molecule has 0 amide bonds. The maximum Gasteiger partial charge on any atom is 0.416 e. The summed E-state index contributed by atoms with van der Waals surface area (Å²) < 4.78 is 122. The van der Waals surface area contributed by atoms with Crippen LogP contribution in [0.5, 0.6) is 0 Å². The molecular weight excluding hydrogens is 719 g/mol. The first kappa shape index (κ1) is 34.7. The first-order valence-corrected chi connectivity index (χ1v) is 16.3. The number of fused-ring (bicyclic) bond motifs is 8. The Bertz CT molecular complexity index is 2580. The summed E-state index contributed by atoms with van der Waals surface area (Å²) in [5.74, 6) is 0. The molecule has 0 saturated heterocycles. The molecule has 3 aromatic heterocycles. The van der Waals surface area contributed by atoms with Gasteiger partial charge >= 0.3 is 18.5 Å². The summed E-state index contributed by atoms with van der Waals surface area (Å²) >= 11 is 0. The van der Waals surface area contributed by atoms with Crippen LogP contribution in [0.1, 0.15) is 39.5 Å². The Morgan fingerprint density at radius 3 is 1.13 bits per heavy atom. The lowest BCUT2D eigenvalue weighted by Gasteiger charge is -2.10. The van der Waals surface area contributed by atoms with Gasteiger partial charge in [0.2, 0.25) is 0 Å². The van der Waals surface area contributed by atoms with Gasteiger partial charge in [0, 0.05) is 38.8 Å². The molecule has 0 radical (unpaired) electrons. The molecule has 5 heterocycles. The van der Waals surface area contributed by atoms with Crippen LogP contribution in [0.25, 0.3) is 79.8 Å². The predicted octanol–water partition coefficient (Wildman–Crippen LogP) is 12.7. The van der Waals surface area contributed by atoms with E-state index in [9.17, 15) is 39.5 Å². The fraction of sp³-hybridized carbons (Fsp3) is 0.0732. The highest BCUT2D eigenvalue weighted by Gasteiger charge is 2.32. The van der Waals surface area contributed by atoms with Crippen molar-refractivity contribution in [3.8, 4) is 33.4 Å². The van der Waals surface area contributed by atoms with E-state index in [1.807, 2.05) is 0 Å². The third kappa shape index (κ3) is 6.57. The van der Waals surface area contributed by atoms with Gasteiger partial charge in [-0.1, -0.05) is 36.4 Å². The second kappa shape index (κ2) is 12.6. The highest BCUT2D eigenvalue weighted by atomic mass is 19.4. The average molecular weight is 743 g/mol. The second-order valence-corrected chi connectivity index (χ2v) is 12.6. The topological polar surface area (TPSA) is 57.4 Å². The van der Waals surface area contributed by atoms with Crippen LogP contribution in [0, 0.1) is 0 Å². The van der Waals surface area contributed by atoms with Gasteiger partial charge in [-0.15, -0.1) is 0 Å². The van der Waals surface area contributed by atoms with Gasteiger partial charge in [0.1, 0.15) is 0 Å². The summed E-state index contributed by atoms with van der Waals surface area (Å²) in [6.45, 7) is 0. The molecular formula is C41H23F9N4. The van der Waals surface area contributed by atoms with E-state index >= 15 is 0 Å². The summed E-state index contributed by atoms with van der Waals surface area (Å²) in [6, 6.07) is 22.4. The van der Waals surface area contributed by atoms with E-state index in [-0.39, 0.29) is 0 Å². The number of nitrogens with zero attached hydrogens (tertiary/aromatic N) is 2. The van der Waals surface area contributed by atoms with Crippen LogP contribution in [-0.2, 0) is 18.5 Å². The highest BCUT2D eigenvalue weighted by molar-refractivity contribution is 5.97. The van der Waals surface area contributed by atoms with Gasteiger partial charge in [0.25, 0.3) is 0 Å². The van der Waals surface area contributed by atoms with Crippen LogP contribution in [0.15, 0.2) is 103 Å². The van der Waals surface area contributed by atoms with Crippen molar-refractivity contribution >= 4 is 46.4 Å². The van der Waals surface area contributed by atoms with Crippen molar-refractivity contribution in [1.29, 1.82) is 0 Å². The van der Waals surface area contributed by atoms with Crippen molar-refractivity contribution in [2.75, 3.05) is 0 Å². The fourth-order valence-electron chi connectivity index (χ4n) is 6.53. The van der Waals surface area contributed by atoms with Gasteiger partial charge in [0.15, 0.2) is 0 Å². The summed E-state index contributed by atoms with van der Waals surface area (Å²) in [4.78, 5) is 16.3. The van der Waals surface area contributed by atoms with E-state index in [1.165, 1.54) is 36.4 Å². The Morgan fingerprint density at radius 2 is 0.722 bits per heavy atom. The number of halogens is 9. The van der Waals surface area contributed by atoms with Gasteiger partial charge in [-0.05, 0) is 108 Å². The molecule has 8 bridgehead atoms. The highest BCUT2D eigenvalue weighted by Crippen LogP contribution is 2.39. The zero-order chi connectivity index (χ0) is 38.0. The number of H-pyrrole nitrogens is 2. The third-order valence-electron chi connectivity index (χ3n) is 9.08. The van der Waals surface area contributed by atoms with E-state index in [0.717, 1.165) is 36.4 Å². The van der Waals surface area contributed by atoms with Crippen molar-refractivity contribution in [3.05, 3.63) is 143 Å². The van der Waals surface area contributed by atoms with Crippen LogP contribution in [0.2, 0.25) is 0 Å². The van der Waals surface area contributed by atoms with Crippen molar-refractivity contribution in [2.45, 2.75) is 18.5 Å². The monoisotopic (exact) mass is 742 g/mol. The van der Waals surface area contributed by atoms with Gasteiger partial charge in [0.05, 0.1) is 39.5 Å². The molecule has 0 spiro atoms. The quantitative estimate of drug-likeness (QED) is 0.177. The zero-order valence-corrected chi connectivity index (χ0v) is 27.4. The fourth-order valence-corrected chi connectivity index (χ4v) is 6.53. The number of rotatable bonds is 3. The third-order valence-corrected chi connectivity index (χ3v) is 9.08. The molecule has 0 fully saturated rings. The molecule has 4 nitrogen and oxygen atoms in total. The van der Waals surface area contributed by atoms with E-state index in [2.05, 4.69) is 9.97 Å². The number of benzene rings is 3. The molecule has 0 aliphatic carbocycles. The molecule has 0 unspecified atom stereocenters. The number of hydrogen-bond donors (Lipinski definition) is 2. The molecule has 0 atom stereocenters. The molecule has 6 aromatic rings. The minimum absolute atomic E-state index is 0.331. The molecule has 8 rings (SSSR count). The van der Waals surface area contributed by atoms with Crippen LogP contribution in [0.3, 0.4) is 0 Å². The summed E-state index contributed by atoms with van der Waals surface area (Å²) in [6.07, 6.45) is -6.93. The molecule has 2 aliphatic rings. The summed E-state index contributed by atoms with van der Waals surface area (Å²) in [5.41, 5.74) is 3.61. The molecule has 54 heavy (non-hydrogen) atoms. The zero-order valence-electron chi connectivity index (χ0n) is 27.4. The largest absolute Gasteiger partial charge is 0.416 e. The van der Waals surface area contributed by atoms with Gasteiger partial charge in [-0.2, -0.15) is 39.5 Å². The Kier molecular flexibility index (Phi) is 8.12. The minimum atomic E-state index is -4.59. The van der Waals surface area contributed by atoms with Crippen LogP contribution >= 0.6 is 0 Å². The predicted molar refractivity (Wildman–Crippen MR) is 190 cm³/mol. The lowest BCUT2D eigenvalue weighted by atomic mass is 10.0. The molecule has 2 N–H and O–H groups in total. The number of nitrogens with one attached hydrogen (secondary N) is 2. The molecule has 270 valence electrons. The van der Waals surface area contributed by atoms with Gasteiger partial charge < -0.3 is 9.97 Å². The van der Waals surface area contributed by atoms with Crippen molar-refractivity contribution in [1.82, 2.24) is 19.9 Å². The number of aromatic nitrogens is 4. The lowest BCUT2D eigenvalue weighted by molar-refractivity contribution is -0.138. The Morgan fingerprint density at radius 1 is 0.370 bits per heavy atom. The summed E-state index contributed by atoms with van der Waals surface area (Å²) in [7, 11) is 0. The van der Waals surface area contributed by atoms with Crippen molar-refractivity contribution < 1.29 is 39.5 Å². The molecule has 3 aromatic carbocycles. The first-order valence-electron chi connectivity index (χ1n) is 16.3. The SMILES string of the molecule is FC(F)(F)c1ccc(-c2c3nc(c(-c4ccc(C(F)(F)F)cc4)c4ccc([nH]4)c(-c4ccc(C(F)(F)F)cc4)c4nc(cc5ccc2[nH]5)C=C4)C=C3)cc1.